The molecule has 0 atom stereocenters. The van der Waals surface area contributed by atoms with Crippen LogP contribution in [-0.4, -0.2) is 19.1 Å². The maximum Gasteiger partial charge on any atom is 0.244 e. The van der Waals surface area contributed by atoms with Crippen LogP contribution in [0.2, 0.25) is 0 Å². The van der Waals surface area contributed by atoms with Crippen LogP contribution in [0.15, 0.2) is 54.6 Å². The lowest BCUT2D eigenvalue weighted by atomic mass is 10.1. The number of carbonyl (C=O) groups excluding carboxylic acids is 1. The fraction of sp³-hybridized carbons (Fsp3) is 0.250. The van der Waals surface area contributed by atoms with Gasteiger partial charge < -0.3 is 10.1 Å². The molecule has 2 rings (SSSR count). The summed E-state index contributed by atoms with van der Waals surface area (Å²) in [5, 5.41) is 2.91. The zero-order valence-electron chi connectivity index (χ0n) is 13.7. The molecule has 0 heterocycles. The summed E-state index contributed by atoms with van der Waals surface area (Å²) in [6.45, 7) is 5.26. The summed E-state index contributed by atoms with van der Waals surface area (Å²) in [7, 11) is 0. The second kappa shape index (κ2) is 8.79. The highest BCUT2D eigenvalue weighted by molar-refractivity contribution is 5.92. The van der Waals surface area contributed by atoms with E-state index in [1.165, 1.54) is 11.1 Å². The van der Waals surface area contributed by atoms with Gasteiger partial charge in [-0.2, -0.15) is 0 Å². The lowest BCUT2D eigenvalue weighted by molar-refractivity contribution is -0.116. The third-order valence-electron chi connectivity index (χ3n) is 3.59. The maximum absolute atomic E-state index is 11.9. The minimum absolute atomic E-state index is 0.0927. The number of ether oxygens (including phenoxy) is 1. The molecule has 0 spiro atoms. The van der Waals surface area contributed by atoms with E-state index in [2.05, 4.69) is 24.4 Å². The van der Waals surface area contributed by atoms with Crippen molar-refractivity contribution in [3.8, 4) is 5.75 Å². The molecule has 0 unspecified atom stereocenters. The van der Waals surface area contributed by atoms with E-state index in [1.807, 2.05) is 43.3 Å². The van der Waals surface area contributed by atoms with Crippen molar-refractivity contribution in [3.05, 3.63) is 71.3 Å². The van der Waals surface area contributed by atoms with Gasteiger partial charge in [-0.3, -0.25) is 4.79 Å². The van der Waals surface area contributed by atoms with Crippen LogP contribution in [0.5, 0.6) is 5.75 Å². The van der Waals surface area contributed by atoms with Crippen LogP contribution in [0.1, 0.15) is 23.6 Å². The molecule has 0 saturated carbocycles. The molecule has 0 bridgehead atoms. The van der Waals surface area contributed by atoms with E-state index in [1.54, 1.807) is 12.2 Å². The van der Waals surface area contributed by atoms with Crippen LogP contribution in [0.3, 0.4) is 0 Å². The predicted octanol–water partition coefficient (Wildman–Crippen LogP) is 3.77. The molecule has 0 fully saturated rings. The summed E-state index contributed by atoms with van der Waals surface area (Å²) >= 11 is 0. The lowest BCUT2D eigenvalue weighted by Crippen LogP contribution is -2.23. The topological polar surface area (TPSA) is 38.3 Å². The van der Waals surface area contributed by atoms with Crippen molar-refractivity contribution >= 4 is 12.0 Å². The first kappa shape index (κ1) is 16.8. The highest BCUT2D eigenvalue weighted by Crippen LogP contribution is 2.19. The third-order valence-corrected chi connectivity index (χ3v) is 3.59. The second-order valence-electron chi connectivity index (χ2n) is 5.27. The molecule has 0 saturated heterocycles. The summed E-state index contributed by atoms with van der Waals surface area (Å²) in [5.74, 6) is 0.698. The number of rotatable bonds is 7. The van der Waals surface area contributed by atoms with Gasteiger partial charge in [0.05, 0.1) is 6.61 Å². The molecule has 2 aromatic rings. The molecule has 0 aliphatic rings. The Kier molecular flexibility index (Phi) is 6.42. The third kappa shape index (κ3) is 5.29. The Labute approximate surface area is 138 Å². The molecule has 3 heteroatoms. The van der Waals surface area contributed by atoms with Gasteiger partial charge in [0.25, 0.3) is 0 Å². The summed E-state index contributed by atoms with van der Waals surface area (Å²) in [6.07, 6.45) is 4.17. The largest absolute Gasteiger partial charge is 0.493 e. The Hall–Kier alpha value is -2.55. The average Bonchev–Trinajstić information content (AvgIpc) is 2.56. The fourth-order valence-corrected chi connectivity index (χ4v) is 2.34. The van der Waals surface area contributed by atoms with Crippen molar-refractivity contribution < 1.29 is 9.53 Å². The second-order valence-corrected chi connectivity index (χ2v) is 5.27. The van der Waals surface area contributed by atoms with Gasteiger partial charge in [0.2, 0.25) is 5.91 Å². The number of para-hydroxylation sites is 1. The Morgan fingerprint density at radius 1 is 1.13 bits per heavy atom. The first-order valence-corrected chi connectivity index (χ1v) is 7.93. The van der Waals surface area contributed by atoms with Gasteiger partial charge in [0, 0.05) is 18.2 Å². The number of aryl methyl sites for hydroxylation is 1. The van der Waals surface area contributed by atoms with Crippen LogP contribution in [0.4, 0.5) is 0 Å². The van der Waals surface area contributed by atoms with Crippen LogP contribution in [0.25, 0.3) is 6.08 Å². The number of hydrogen-bond donors (Lipinski definition) is 1. The van der Waals surface area contributed by atoms with Crippen LogP contribution < -0.4 is 10.1 Å². The van der Waals surface area contributed by atoms with Crippen LogP contribution in [0, 0.1) is 6.92 Å². The predicted molar refractivity (Wildman–Crippen MR) is 94.5 cm³/mol. The van der Waals surface area contributed by atoms with Crippen molar-refractivity contribution in [2.75, 3.05) is 13.2 Å². The van der Waals surface area contributed by atoms with Crippen molar-refractivity contribution in [2.24, 2.45) is 0 Å². The minimum atomic E-state index is -0.0927. The van der Waals surface area contributed by atoms with Crippen molar-refractivity contribution in [1.82, 2.24) is 5.32 Å². The summed E-state index contributed by atoms with van der Waals surface area (Å²) in [4.78, 5) is 11.9. The molecule has 0 aromatic heterocycles. The molecule has 3 nitrogen and oxygen atoms in total. The van der Waals surface area contributed by atoms with E-state index < -0.39 is 0 Å². The molecule has 0 radical (unpaired) electrons. The van der Waals surface area contributed by atoms with E-state index in [-0.39, 0.29) is 5.91 Å². The van der Waals surface area contributed by atoms with Crippen LogP contribution in [-0.2, 0) is 11.2 Å². The Bertz CT molecular complexity index is 677. The van der Waals surface area contributed by atoms with Crippen molar-refractivity contribution in [1.29, 1.82) is 0 Å². The van der Waals surface area contributed by atoms with Crippen molar-refractivity contribution in [3.63, 3.8) is 0 Å². The number of hydrogen-bond acceptors (Lipinski definition) is 2. The Balaban J connectivity index is 1.86. The molecule has 0 aliphatic carbocycles. The zero-order valence-corrected chi connectivity index (χ0v) is 13.7. The molecule has 0 aliphatic heterocycles. The number of carbonyl (C=O) groups is 1. The van der Waals surface area contributed by atoms with E-state index in [0.29, 0.717) is 13.2 Å². The molecular weight excluding hydrogens is 286 g/mol. The molecule has 23 heavy (non-hydrogen) atoms. The first-order chi connectivity index (χ1) is 11.2. The first-order valence-electron chi connectivity index (χ1n) is 7.93. The molecule has 1 N–H and O–H groups in total. The van der Waals surface area contributed by atoms with E-state index in [0.717, 1.165) is 17.7 Å². The monoisotopic (exact) mass is 309 g/mol. The van der Waals surface area contributed by atoms with Gasteiger partial charge in [0.15, 0.2) is 0 Å². The van der Waals surface area contributed by atoms with E-state index >= 15 is 0 Å². The highest BCUT2D eigenvalue weighted by Gasteiger charge is 2.01. The summed E-state index contributed by atoms with van der Waals surface area (Å²) in [6, 6.07) is 15.9. The summed E-state index contributed by atoms with van der Waals surface area (Å²) < 4.78 is 5.54. The van der Waals surface area contributed by atoms with Gasteiger partial charge >= 0.3 is 0 Å². The van der Waals surface area contributed by atoms with Crippen LogP contribution >= 0.6 is 0 Å². The normalized spacial score (nSPS) is 10.7. The maximum atomic E-state index is 11.9. The lowest BCUT2D eigenvalue weighted by Gasteiger charge is -2.07. The van der Waals surface area contributed by atoms with Gasteiger partial charge in [0.1, 0.15) is 5.75 Å². The number of nitrogens with one attached hydrogen (secondary N) is 1. The molecular formula is C20H23NO2. The van der Waals surface area contributed by atoms with Crippen molar-refractivity contribution in [2.45, 2.75) is 20.3 Å². The SMILES string of the molecule is CCOc1ccccc1/C=C/C(=O)NCCc1ccccc1C. The molecule has 2 aromatic carbocycles. The quantitative estimate of drug-likeness (QED) is 0.791. The van der Waals surface area contributed by atoms with Gasteiger partial charge in [-0.1, -0.05) is 42.5 Å². The number of amides is 1. The standard InChI is InChI=1S/C20H23NO2/c1-3-23-19-11-7-6-10-18(19)12-13-20(22)21-15-14-17-9-5-4-8-16(17)2/h4-13H,3,14-15H2,1-2H3,(H,21,22)/b13-12+. The fourth-order valence-electron chi connectivity index (χ4n) is 2.34. The number of benzene rings is 2. The smallest absolute Gasteiger partial charge is 0.244 e. The van der Waals surface area contributed by atoms with E-state index in [4.69, 9.17) is 4.74 Å². The van der Waals surface area contributed by atoms with Gasteiger partial charge in [-0.05, 0) is 43.5 Å². The highest BCUT2D eigenvalue weighted by atomic mass is 16.5. The van der Waals surface area contributed by atoms with Gasteiger partial charge in [-0.15, -0.1) is 0 Å². The average molecular weight is 309 g/mol. The Morgan fingerprint density at radius 3 is 2.65 bits per heavy atom. The minimum Gasteiger partial charge on any atom is -0.493 e. The molecule has 120 valence electrons. The van der Waals surface area contributed by atoms with E-state index in [9.17, 15) is 4.79 Å². The molecule has 1 amide bonds. The summed E-state index contributed by atoms with van der Waals surface area (Å²) in [5.41, 5.74) is 3.42. The Morgan fingerprint density at radius 2 is 1.87 bits per heavy atom. The van der Waals surface area contributed by atoms with Gasteiger partial charge in [-0.25, -0.2) is 0 Å². The zero-order chi connectivity index (χ0) is 16.5.